The van der Waals surface area contributed by atoms with Gasteiger partial charge in [-0.25, -0.2) is 9.29 Å². The first-order chi connectivity index (χ1) is 16.8. The summed E-state index contributed by atoms with van der Waals surface area (Å²) in [6.07, 6.45) is 0. The smallest absolute Gasteiger partial charge is 0.283 e. The first-order valence-corrected chi connectivity index (χ1v) is 10.7. The zero-order valence-corrected chi connectivity index (χ0v) is 19.4. The van der Waals surface area contributed by atoms with E-state index < -0.39 is 23.5 Å². The van der Waals surface area contributed by atoms with Crippen molar-refractivity contribution in [3.63, 3.8) is 0 Å². The highest BCUT2D eigenvalue weighted by Gasteiger charge is 2.40. The van der Waals surface area contributed by atoms with Crippen molar-refractivity contribution >= 4 is 46.4 Å². The van der Waals surface area contributed by atoms with Crippen LogP contribution in [0, 0.1) is 5.82 Å². The molecule has 0 atom stereocenters. The minimum Gasteiger partial charge on any atom is -0.497 e. The van der Waals surface area contributed by atoms with Crippen LogP contribution in [0.2, 0.25) is 0 Å². The van der Waals surface area contributed by atoms with Crippen LogP contribution < -0.4 is 25.0 Å². The lowest BCUT2D eigenvalue weighted by Gasteiger charge is -2.18. The van der Waals surface area contributed by atoms with Gasteiger partial charge in [-0.2, -0.15) is 0 Å². The normalized spacial score (nSPS) is 13.2. The van der Waals surface area contributed by atoms with Gasteiger partial charge in [-0.1, -0.05) is 29.8 Å². The molecule has 0 saturated heterocycles. The number of benzene rings is 3. The number of halogens is 2. The lowest BCUT2D eigenvalue weighted by molar-refractivity contribution is -0.120. The molecule has 3 aromatic carbocycles. The molecule has 1 aliphatic heterocycles. The quantitative estimate of drug-likeness (QED) is 0.467. The van der Waals surface area contributed by atoms with Crippen LogP contribution in [0.5, 0.6) is 11.5 Å². The zero-order chi connectivity index (χ0) is 25.1. The van der Waals surface area contributed by atoms with Crippen molar-refractivity contribution in [2.45, 2.75) is 0 Å². The van der Waals surface area contributed by atoms with Crippen LogP contribution in [0.25, 0.3) is 0 Å². The fourth-order valence-corrected chi connectivity index (χ4v) is 3.65. The van der Waals surface area contributed by atoms with Gasteiger partial charge in [0.1, 0.15) is 28.0 Å². The van der Waals surface area contributed by atoms with Gasteiger partial charge in [-0.05, 0) is 42.5 Å². The molecule has 3 amide bonds. The van der Waals surface area contributed by atoms with E-state index in [9.17, 15) is 18.8 Å². The highest BCUT2D eigenvalue weighted by atomic mass is 35.5. The molecule has 4 rings (SSSR count). The summed E-state index contributed by atoms with van der Waals surface area (Å²) in [5.41, 5.74) is 0.573. The fourth-order valence-electron chi connectivity index (χ4n) is 3.44. The van der Waals surface area contributed by atoms with E-state index in [1.165, 1.54) is 56.7 Å². The third-order valence-electron chi connectivity index (χ3n) is 5.17. The number of rotatable bonds is 7. The van der Waals surface area contributed by atoms with Crippen LogP contribution in [0.15, 0.2) is 77.5 Å². The number of amides is 3. The molecule has 0 unspecified atom stereocenters. The minimum atomic E-state index is -0.740. The number of anilines is 3. The maximum absolute atomic E-state index is 13.9. The lowest BCUT2D eigenvalue weighted by atomic mass is 10.1. The Morgan fingerprint density at radius 3 is 2.43 bits per heavy atom. The number of nitrogens with zero attached hydrogens (tertiary/aromatic N) is 1. The molecule has 0 aliphatic carbocycles. The fraction of sp³-hybridized carbons (Fsp3) is 0.0800. The Hall–Kier alpha value is -4.37. The molecule has 0 bridgehead atoms. The van der Waals surface area contributed by atoms with E-state index in [4.69, 9.17) is 21.1 Å². The van der Waals surface area contributed by atoms with Gasteiger partial charge in [0, 0.05) is 17.3 Å². The summed E-state index contributed by atoms with van der Waals surface area (Å²) in [4.78, 5) is 39.5. The average molecular weight is 496 g/mol. The highest BCUT2D eigenvalue weighted by molar-refractivity contribution is 6.53. The van der Waals surface area contributed by atoms with Gasteiger partial charge in [-0.15, -0.1) is 0 Å². The van der Waals surface area contributed by atoms with E-state index in [1.807, 2.05) is 0 Å². The van der Waals surface area contributed by atoms with E-state index in [2.05, 4.69) is 10.6 Å². The number of para-hydroxylation sites is 1. The van der Waals surface area contributed by atoms with Gasteiger partial charge >= 0.3 is 0 Å². The second-order valence-electron chi connectivity index (χ2n) is 7.31. The van der Waals surface area contributed by atoms with Crippen molar-refractivity contribution in [1.82, 2.24) is 0 Å². The number of imide groups is 1. The molecule has 0 spiro atoms. The molecule has 0 aromatic heterocycles. The summed E-state index contributed by atoms with van der Waals surface area (Å²) < 4.78 is 24.3. The summed E-state index contributed by atoms with van der Waals surface area (Å²) in [6, 6.07) is 16.5. The second kappa shape index (κ2) is 9.86. The molecule has 0 radical (unpaired) electrons. The minimum absolute atomic E-state index is 0.0299. The van der Waals surface area contributed by atoms with E-state index in [0.29, 0.717) is 11.4 Å². The van der Waals surface area contributed by atoms with E-state index in [1.54, 1.807) is 24.3 Å². The Morgan fingerprint density at radius 2 is 1.71 bits per heavy atom. The third kappa shape index (κ3) is 4.67. The molecule has 3 aromatic rings. The molecule has 1 heterocycles. The Bertz CT molecular complexity index is 1370. The molecular formula is C25H19ClFN3O5. The molecule has 0 fully saturated rings. The molecule has 1 aliphatic rings. The van der Waals surface area contributed by atoms with Crippen LogP contribution >= 0.6 is 11.6 Å². The van der Waals surface area contributed by atoms with E-state index >= 15 is 0 Å². The monoisotopic (exact) mass is 495 g/mol. The molecule has 8 nitrogen and oxygen atoms in total. The topological polar surface area (TPSA) is 97.0 Å². The summed E-state index contributed by atoms with van der Waals surface area (Å²) in [7, 11) is 2.88. The predicted molar refractivity (Wildman–Crippen MR) is 129 cm³/mol. The van der Waals surface area contributed by atoms with Crippen LogP contribution in [-0.4, -0.2) is 31.9 Å². The molecular weight excluding hydrogens is 477 g/mol. The van der Waals surface area contributed by atoms with Gasteiger partial charge in [0.25, 0.3) is 17.7 Å². The first kappa shape index (κ1) is 23.8. The van der Waals surface area contributed by atoms with Crippen molar-refractivity contribution in [3.05, 3.63) is 88.8 Å². The van der Waals surface area contributed by atoms with Crippen LogP contribution in [-0.2, 0) is 9.59 Å². The maximum Gasteiger partial charge on any atom is 0.283 e. The predicted octanol–water partition coefficient (Wildman–Crippen LogP) is 4.53. The SMILES string of the molecule is COc1ccc(N2C(=O)C(Cl)=C(Nc3cccc(C(=O)Nc4ccccc4F)c3)C2=O)c(OC)c1. The van der Waals surface area contributed by atoms with E-state index in [-0.39, 0.29) is 33.4 Å². The van der Waals surface area contributed by atoms with Crippen LogP contribution in [0.1, 0.15) is 10.4 Å². The molecule has 178 valence electrons. The van der Waals surface area contributed by atoms with Gasteiger partial charge in [-0.3, -0.25) is 14.4 Å². The first-order valence-electron chi connectivity index (χ1n) is 10.3. The Kier molecular flexibility index (Phi) is 6.70. The average Bonchev–Trinajstić information content (AvgIpc) is 3.08. The van der Waals surface area contributed by atoms with Crippen molar-refractivity contribution in [2.24, 2.45) is 0 Å². The number of carbonyl (C=O) groups is 3. The number of carbonyl (C=O) groups excluding carboxylic acids is 3. The van der Waals surface area contributed by atoms with Crippen molar-refractivity contribution in [1.29, 1.82) is 0 Å². The summed E-state index contributed by atoms with van der Waals surface area (Å²) >= 11 is 6.22. The number of nitrogens with one attached hydrogen (secondary N) is 2. The Labute approximate surface area is 204 Å². The summed E-state index contributed by atoms with van der Waals surface area (Å²) in [6.45, 7) is 0. The second-order valence-corrected chi connectivity index (χ2v) is 7.69. The van der Waals surface area contributed by atoms with Gasteiger partial charge in [0.05, 0.1) is 25.6 Å². The zero-order valence-electron chi connectivity index (χ0n) is 18.6. The standard InChI is InChI=1S/C25H19ClFN3O5/c1-34-16-10-11-19(20(13-16)35-2)30-24(32)21(26)22(25(30)33)28-15-7-5-6-14(12-15)23(31)29-18-9-4-3-8-17(18)27/h3-13,28H,1-2H3,(H,29,31). The van der Waals surface area contributed by atoms with E-state index in [0.717, 1.165) is 4.90 Å². The Balaban J connectivity index is 1.57. The number of ether oxygens (including phenoxy) is 2. The van der Waals surface area contributed by atoms with Gasteiger partial charge in [0.15, 0.2) is 0 Å². The third-order valence-corrected chi connectivity index (χ3v) is 5.52. The Morgan fingerprint density at radius 1 is 0.943 bits per heavy atom. The van der Waals surface area contributed by atoms with Crippen LogP contribution in [0.4, 0.5) is 21.5 Å². The summed E-state index contributed by atoms with van der Waals surface area (Å²) in [5.74, 6) is -1.86. The van der Waals surface area contributed by atoms with Crippen LogP contribution in [0.3, 0.4) is 0 Å². The largest absolute Gasteiger partial charge is 0.497 e. The molecule has 35 heavy (non-hydrogen) atoms. The molecule has 10 heteroatoms. The van der Waals surface area contributed by atoms with Crippen molar-refractivity contribution < 1.29 is 28.2 Å². The highest BCUT2D eigenvalue weighted by Crippen LogP contribution is 2.37. The summed E-state index contributed by atoms with van der Waals surface area (Å²) in [5, 5.41) is 4.98. The number of hydrogen-bond acceptors (Lipinski definition) is 6. The van der Waals surface area contributed by atoms with Crippen molar-refractivity contribution in [2.75, 3.05) is 29.8 Å². The molecule has 0 saturated carbocycles. The lowest BCUT2D eigenvalue weighted by Crippen LogP contribution is -2.32. The number of methoxy groups -OCH3 is 2. The number of hydrogen-bond donors (Lipinski definition) is 2. The maximum atomic E-state index is 13.9. The van der Waals surface area contributed by atoms with Crippen molar-refractivity contribution in [3.8, 4) is 11.5 Å². The van der Waals surface area contributed by atoms with Gasteiger partial charge < -0.3 is 20.1 Å². The van der Waals surface area contributed by atoms with Gasteiger partial charge in [0.2, 0.25) is 0 Å². The molecule has 2 N–H and O–H groups in total.